The van der Waals surface area contributed by atoms with Gasteiger partial charge in [-0.1, -0.05) is 22.0 Å². The van der Waals surface area contributed by atoms with Crippen molar-refractivity contribution in [3.05, 3.63) is 28.7 Å². The van der Waals surface area contributed by atoms with E-state index < -0.39 is 16.8 Å². The molecule has 1 rings (SSSR count). The van der Waals surface area contributed by atoms with Gasteiger partial charge in [-0.25, -0.2) is 0 Å². The van der Waals surface area contributed by atoms with Crippen molar-refractivity contribution < 1.29 is 18.8 Å². The number of hydrogen-bond acceptors (Lipinski definition) is 3. The van der Waals surface area contributed by atoms with Crippen molar-refractivity contribution in [2.24, 2.45) is 0 Å². The highest BCUT2D eigenvalue weighted by atomic mass is 79.9. The van der Waals surface area contributed by atoms with Crippen molar-refractivity contribution in [2.45, 2.75) is 0 Å². The molecule has 0 amide bonds. The zero-order valence-electron chi connectivity index (χ0n) is 8.39. The Balaban J connectivity index is 2.30. The van der Waals surface area contributed by atoms with E-state index in [4.69, 9.17) is 9.84 Å². The minimum absolute atomic E-state index is 0.221. The Morgan fingerprint density at radius 1 is 1.50 bits per heavy atom. The highest BCUT2D eigenvalue weighted by Gasteiger charge is 2.05. The molecule has 4 nitrogen and oxygen atoms in total. The Bertz CT molecular complexity index is 394. The fraction of sp³-hybridized carbons (Fsp3) is 0.300. The number of carbonyl (C=O) groups is 1. The van der Waals surface area contributed by atoms with Gasteiger partial charge in [-0.3, -0.25) is 9.00 Å². The number of carboxylic acid groups (broad SMARTS) is 1. The summed E-state index contributed by atoms with van der Waals surface area (Å²) in [6.07, 6.45) is 0. The Morgan fingerprint density at radius 3 is 2.88 bits per heavy atom. The van der Waals surface area contributed by atoms with Crippen LogP contribution in [0.4, 0.5) is 0 Å². The van der Waals surface area contributed by atoms with Crippen LogP contribution in [0.25, 0.3) is 0 Å². The number of carboxylic acids is 1. The molecule has 1 atom stereocenters. The maximum atomic E-state index is 11.2. The van der Waals surface area contributed by atoms with Crippen LogP contribution in [0.15, 0.2) is 28.7 Å². The van der Waals surface area contributed by atoms with Crippen LogP contribution in [0, 0.1) is 0 Å². The summed E-state index contributed by atoms with van der Waals surface area (Å²) in [5, 5.41) is 8.40. The molecule has 0 radical (unpaired) electrons. The van der Waals surface area contributed by atoms with Gasteiger partial charge >= 0.3 is 5.97 Å². The number of benzene rings is 1. The lowest BCUT2D eigenvalue weighted by Gasteiger charge is -2.05. The fourth-order valence-electron chi connectivity index (χ4n) is 1.02. The quantitative estimate of drug-likeness (QED) is 0.868. The van der Waals surface area contributed by atoms with E-state index in [0.717, 1.165) is 4.47 Å². The van der Waals surface area contributed by atoms with E-state index in [2.05, 4.69) is 15.9 Å². The molecule has 1 N–H and O–H groups in total. The van der Waals surface area contributed by atoms with Crippen LogP contribution in [0.3, 0.4) is 0 Å². The monoisotopic (exact) mass is 306 g/mol. The first-order valence-electron chi connectivity index (χ1n) is 4.53. The number of ether oxygens (including phenoxy) is 1. The van der Waals surface area contributed by atoms with Gasteiger partial charge in [0.15, 0.2) is 0 Å². The molecular formula is C10H11BrO4S. The van der Waals surface area contributed by atoms with Crippen LogP contribution < -0.4 is 4.74 Å². The summed E-state index contributed by atoms with van der Waals surface area (Å²) >= 11 is 3.30. The van der Waals surface area contributed by atoms with E-state index in [9.17, 15) is 9.00 Å². The zero-order chi connectivity index (χ0) is 12.0. The Hall–Kier alpha value is -0.880. The van der Waals surface area contributed by atoms with Crippen molar-refractivity contribution in [3.8, 4) is 5.75 Å². The maximum absolute atomic E-state index is 11.2. The van der Waals surface area contributed by atoms with Crippen molar-refractivity contribution in [2.75, 3.05) is 18.1 Å². The molecule has 1 aromatic rings. The lowest BCUT2D eigenvalue weighted by Crippen LogP contribution is -2.16. The lowest BCUT2D eigenvalue weighted by molar-refractivity contribution is -0.133. The first-order valence-corrected chi connectivity index (χ1v) is 6.81. The largest absolute Gasteiger partial charge is 0.493 e. The molecule has 1 aromatic carbocycles. The summed E-state index contributed by atoms with van der Waals surface area (Å²) in [4.78, 5) is 10.2. The number of rotatable bonds is 6. The minimum atomic E-state index is -1.37. The third kappa shape index (κ3) is 5.27. The highest BCUT2D eigenvalue weighted by molar-refractivity contribution is 9.10. The summed E-state index contributed by atoms with van der Waals surface area (Å²) in [6, 6.07) is 7.27. The SMILES string of the molecule is O=C(O)CS(=O)CCOc1cccc(Br)c1. The topological polar surface area (TPSA) is 63.6 Å². The Morgan fingerprint density at radius 2 is 2.25 bits per heavy atom. The van der Waals surface area contributed by atoms with Crippen LogP contribution in [-0.2, 0) is 15.6 Å². The van der Waals surface area contributed by atoms with E-state index in [-0.39, 0.29) is 18.1 Å². The summed E-state index contributed by atoms with van der Waals surface area (Å²) < 4.78 is 17.4. The van der Waals surface area contributed by atoms with E-state index in [1.807, 2.05) is 12.1 Å². The first-order chi connectivity index (χ1) is 7.58. The smallest absolute Gasteiger partial charge is 0.316 e. The van der Waals surface area contributed by atoms with Crippen LogP contribution in [0.1, 0.15) is 0 Å². The Kier molecular flexibility index (Phi) is 5.48. The van der Waals surface area contributed by atoms with Crippen LogP contribution in [0.2, 0.25) is 0 Å². The predicted molar refractivity (Wildman–Crippen MR) is 65.1 cm³/mol. The molecule has 1 unspecified atom stereocenters. The normalized spacial score (nSPS) is 12.1. The van der Waals surface area contributed by atoms with Crippen molar-refractivity contribution in [1.82, 2.24) is 0 Å². The molecule has 0 bridgehead atoms. The molecule has 0 saturated heterocycles. The summed E-state index contributed by atoms with van der Waals surface area (Å²) in [7, 11) is -1.37. The predicted octanol–water partition coefficient (Wildman–Crippen LogP) is 1.66. The second-order valence-corrected chi connectivity index (χ2v) is 5.48. The molecule has 0 aliphatic carbocycles. The molecule has 0 aliphatic rings. The molecule has 88 valence electrons. The number of hydrogen-bond donors (Lipinski definition) is 1. The van der Waals surface area contributed by atoms with E-state index in [0.29, 0.717) is 5.75 Å². The van der Waals surface area contributed by atoms with Crippen molar-refractivity contribution in [3.63, 3.8) is 0 Å². The van der Waals surface area contributed by atoms with Gasteiger partial charge in [0, 0.05) is 15.3 Å². The van der Waals surface area contributed by atoms with Gasteiger partial charge in [-0.05, 0) is 18.2 Å². The molecule has 0 spiro atoms. The first kappa shape index (κ1) is 13.2. The maximum Gasteiger partial charge on any atom is 0.316 e. The van der Waals surface area contributed by atoms with Gasteiger partial charge in [0.2, 0.25) is 0 Å². The molecule has 0 heterocycles. The Labute approximate surface area is 104 Å². The highest BCUT2D eigenvalue weighted by Crippen LogP contribution is 2.17. The van der Waals surface area contributed by atoms with E-state index in [1.165, 1.54) is 0 Å². The fourth-order valence-corrected chi connectivity index (χ4v) is 2.09. The van der Waals surface area contributed by atoms with Gasteiger partial charge in [-0.2, -0.15) is 0 Å². The van der Waals surface area contributed by atoms with Gasteiger partial charge in [0.1, 0.15) is 11.5 Å². The third-order valence-electron chi connectivity index (χ3n) is 1.66. The average Bonchev–Trinajstić information content (AvgIpc) is 2.16. The molecule has 0 saturated carbocycles. The second kappa shape index (κ2) is 6.65. The van der Waals surface area contributed by atoms with Crippen LogP contribution >= 0.6 is 15.9 Å². The number of aliphatic carboxylic acids is 1. The van der Waals surface area contributed by atoms with Gasteiger partial charge < -0.3 is 9.84 Å². The van der Waals surface area contributed by atoms with E-state index >= 15 is 0 Å². The molecule has 6 heteroatoms. The third-order valence-corrected chi connectivity index (χ3v) is 3.34. The molecule has 0 aliphatic heterocycles. The standard InChI is InChI=1S/C10H11BrO4S/c11-8-2-1-3-9(6-8)15-4-5-16(14)7-10(12)13/h1-3,6H,4-5,7H2,(H,12,13). The van der Waals surface area contributed by atoms with Crippen molar-refractivity contribution >= 4 is 32.7 Å². The average molecular weight is 307 g/mol. The van der Waals surface area contributed by atoms with E-state index in [1.54, 1.807) is 12.1 Å². The van der Waals surface area contributed by atoms with Gasteiger partial charge in [-0.15, -0.1) is 0 Å². The lowest BCUT2D eigenvalue weighted by atomic mass is 10.3. The molecular weight excluding hydrogens is 296 g/mol. The number of halogens is 1. The minimum Gasteiger partial charge on any atom is -0.493 e. The molecule has 0 fully saturated rings. The second-order valence-electron chi connectivity index (χ2n) is 2.99. The van der Waals surface area contributed by atoms with Crippen LogP contribution in [-0.4, -0.2) is 33.4 Å². The summed E-state index contributed by atoms with van der Waals surface area (Å²) in [6.45, 7) is 0.246. The van der Waals surface area contributed by atoms with Gasteiger partial charge in [0.25, 0.3) is 0 Å². The van der Waals surface area contributed by atoms with Crippen molar-refractivity contribution in [1.29, 1.82) is 0 Å². The van der Waals surface area contributed by atoms with Crippen LogP contribution in [0.5, 0.6) is 5.75 Å². The summed E-state index contributed by atoms with van der Waals surface area (Å²) in [5.41, 5.74) is 0. The molecule has 0 aromatic heterocycles. The van der Waals surface area contributed by atoms with Gasteiger partial charge in [0.05, 0.1) is 12.4 Å². The summed E-state index contributed by atoms with van der Waals surface area (Å²) in [5.74, 6) is -0.497. The molecule has 16 heavy (non-hydrogen) atoms. The zero-order valence-corrected chi connectivity index (χ0v) is 10.8.